The number of para-hydroxylation sites is 1. The lowest BCUT2D eigenvalue weighted by molar-refractivity contribution is -0.123. The van der Waals surface area contributed by atoms with Crippen LogP contribution in [0.4, 0.5) is 0 Å². The molecule has 0 aliphatic carbocycles. The second-order valence-electron chi connectivity index (χ2n) is 4.19. The molecule has 1 aromatic heterocycles. The third-order valence-electron chi connectivity index (χ3n) is 3.00. The number of carbonyl (C=O) groups is 2. The second-order valence-corrected chi connectivity index (χ2v) is 4.19. The average molecular weight is 244 g/mol. The summed E-state index contributed by atoms with van der Waals surface area (Å²) in [4.78, 5) is 25.1. The van der Waals surface area contributed by atoms with Crippen molar-refractivity contribution in [2.75, 3.05) is 19.6 Å². The fourth-order valence-electron chi connectivity index (χ4n) is 2.09. The van der Waals surface area contributed by atoms with Gasteiger partial charge in [-0.15, -0.1) is 0 Å². The number of carbonyl (C=O) groups excluding carboxylic acids is 2. The fourth-order valence-corrected chi connectivity index (χ4v) is 2.09. The van der Waals surface area contributed by atoms with Crippen LogP contribution < -0.4 is 5.32 Å². The van der Waals surface area contributed by atoms with Crippen LogP contribution >= 0.6 is 0 Å². The Hall–Kier alpha value is -2.37. The Kier molecular flexibility index (Phi) is 2.47. The first-order valence-corrected chi connectivity index (χ1v) is 5.75. The molecule has 1 fully saturated rings. The maximum Gasteiger partial charge on any atom is 0.275 e. The van der Waals surface area contributed by atoms with Crippen LogP contribution in [-0.2, 0) is 4.79 Å². The molecule has 92 valence electrons. The molecule has 6 heteroatoms. The number of aromatic nitrogens is 2. The van der Waals surface area contributed by atoms with E-state index in [9.17, 15) is 9.59 Å². The summed E-state index contributed by atoms with van der Waals surface area (Å²) in [7, 11) is 0. The number of piperazine rings is 1. The molecule has 0 spiro atoms. The van der Waals surface area contributed by atoms with E-state index in [0.29, 0.717) is 18.8 Å². The van der Waals surface area contributed by atoms with Gasteiger partial charge in [0.25, 0.3) is 5.91 Å². The zero-order valence-electron chi connectivity index (χ0n) is 9.64. The molecule has 0 atom stereocenters. The Bertz CT molecular complexity index is 619. The highest BCUT2D eigenvalue weighted by Gasteiger charge is 2.25. The predicted octanol–water partition coefficient (Wildman–Crippen LogP) is 0.135. The molecule has 0 radical (unpaired) electrons. The van der Waals surface area contributed by atoms with E-state index >= 15 is 0 Å². The number of benzene rings is 1. The van der Waals surface area contributed by atoms with Crippen molar-refractivity contribution >= 4 is 22.7 Å². The molecule has 1 saturated heterocycles. The van der Waals surface area contributed by atoms with Gasteiger partial charge in [-0.2, -0.15) is 5.10 Å². The van der Waals surface area contributed by atoms with Crippen molar-refractivity contribution in [2.45, 2.75) is 0 Å². The fraction of sp³-hybridized carbons (Fsp3) is 0.250. The normalized spacial score (nSPS) is 15.8. The molecule has 0 bridgehead atoms. The Balaban J connectivity index is 1.94. The highest BCUT2D eigenvalue weighted by Crippen LogP contribution is 2.17. The minimum atomic E-state index is -0.206. The van der Waals surface area contributed by atoms with E-state index < -0.39 is 0 Å². The van der Waals surface area contributed by atoms with E-state index in [-0.39, 0.29) is 18.4 Å². The van der Waals surface area contributed by atoms with Gasteiger partial charge in [0.15, 0.2) is 5.69 Å². The van der Waals surface area contributed by atoms with Gasteiger partial charge >= 0.3 is 0 Å². The van der Waals surface area contributed by atoms with Gasteiger partial charge < -0.3 is 10.2 Å². The van der Waals surface area contributed by atoms with Crippen molar-refractivity contribution in [3.63, 3.8) is 0 Å². The SMILES string of the molecule is O=C1CN(C(=O)c2n[nH]c3ccccc23)CCN1. The van der Waals surface area contributed by atoms with Crippen molar-refractivity contribution in [1.29, 1.82) is 0 Å². The molecular weight excluding hydrogens is 232 g/mol. The molecule has 2 amide bonds. The second kappa shape index (κ2) is 4.14. The van der Waals surface area contributed by atoms with Crippen molar-refractivity contribution in [1.82, 2.24) is 20.4 Å². The molecule has 2 heterocycles. The van der Waals surface area contributed by atoms with E-state index in [1.54, 1.807) is 0 Å². The van der Waals surface area contributed by atoms with Gasteiger partial charge in [-0.05, 0) is 6.07 Å². The van der Waals surface area contributed by atoms with Crippen LogP contribution in [0.2, 0.25) is 0 Å². The van der Waals surface area contributed by atoms with Gasteiger partial charge in [0.1, 0.15) is 0 Å². The van der Waals surface area contributed by atoms with E-state index in [1.165, 1.54) is 4.90 Å². The largest absolute Gasteiger partial charge is 0.353 e. The Morgan fingerprint density at radius 3 is 3.00 bits per heavy atom. The summed E-state index contributed by atoms with van der Waals surface area (Å²) < 4.78 is 0. The van der Waals surface area contributed by atoms with Gasteiger partial charge in [0, 0.05) is 18.5 Å². The zero-order chi connectivity index (χ0) is 12.5. The van der Waals surface area contributed by atoms with Crippen LogP contribution in [-0.4, -0.2) is 46.5 Å². The van der Waals surface area contributed by atoms with Gasteiger partial charge in [-0.1, -0.05) is 18.2 Å². The maximum absolute atomic E-state index is 12.3. The summed E-state index contributed by atoms with van der Waals surface area (Å²) in [5, 5.41) is 10.3. The summed E-state index contributed by atoms with van der Waals surface area (Å²) in [6.07, 6.45) is 0. The lowest BCUT2D eigenvalue weighted by Crippen LogP contribution is -2.50. The number of hydrogen-bond donors (Lipinski definition) is 2. The summed E-state index contributed by atoms with van der Waals surface area (Å²) in [6, 6.07) is 7.44. The first kappa shape index (κ1) is 10.8. The molecule has 1 aliphatic heterocycles. The number of hydrogen-bond acceptors (Lipinski definition) is 3. The van der Waals surface area contributed by atoms with E-state index in [4.69, 9.17) is 0 Å². The van der Waals surface area contributed by atoms with Crippen LogP contribution in [0.3, 0.4) is 0 Å². The minimum absolute atomic E-state index is 0.0972. The Morgan fingerprint density at radius 2 is 2.17 bits per heavy atom. The predicted molar refractivity (Wildman–Crippen MR) is 65.0 cm³/mol. The van der Waals surface area contributed by atoms with Gasteiger partial charge in [0.05, 0.1) is 12.1 Å². The molecule has 2 aromatic rings. The Morgan fingerprint density at radius 1 is 1.33 bits per heavy atom. The lowest BCUT2D eigenvalue weighted by atomic mass is 10.2. The van der Waals surface area contributed by atoms with Gasteiger partial charge in [0.2, 0.25) is 5.91 Å². The topological polar surface area (TPSA) is 78.1 Å². The summed E-state index contributed by atoms with van der Waals surface area (Å²) in [5.74, 6) is -0.336. The van der Waals surface area contributed by atoms with E-state index in [1.807, 2.05) is 24.3 Å². The van der Waals surface area contributed by atoms with Crippen molar-refractivity contribution in [3.8, 4) is 0 Å². The van der Waals surface area contributed by atoms with Crippen LogP contribution in [0.1, 0.15) is 10.5 Å². The summed E-state index contributed by atoms with van der Waals surface area (Å²) >= 11 is 0. The van der Waals surface area contributed by atoms with E-state index in [0.717, 1.165) is 10.9 Å². The van der Waals surface area contributed by atoms with Crippen LogP contribution in [0.25, 0.3) is 10.9 Å². The molecule has 0 saturated carbocycles. The van der Waals surface area contributed by atoms with Crippen LogP contribution in [0, 0.1) is 0 Å². The zero-order valence-corrected chi connectivity index (χ0v) is 9.64. The monoisotopic (exact) mass is 244 g/mol. The highest BCUT2D eigenvalue weighted by atomic mass is 16.2. The average Bonchev–Trinajstić information content (AvgIpc) is 2.82. The number of fused-ring (bicyclic) bond motifs is 1. The molecule has 2 N–H and O–H groups in total. The standard InChI is InChI=1S/C12H12N4O2/c17-10-7-16(6-5-13-10)12(18)11-8-3-1-2-4-9(8)14-15-11/h1-4H,5-7H2,(H,13,17)(H,14,15). The molecule has 6 nitrogen and oxygen atoms in total. The minimum Gasteiger partial charge on any atom is -0.353 e. The Labute approximate surface area is 103 Å². The quantitative estimate of drug-likeness (QED) is 0.748. The number of aromatic amines is 1. The highest BCUT2D eigenvalue weighted by molar-refractivity contribution is 6.05. The number of H-pyrrole nitrogens is 1. The third kappa shape index (κ3) is 1.71. The summed E-state index contributed by atoms with van der Waals surface area (Å²) in [6.45, 7) is 1.11. The molecule has 18 heavy (non-hydrogen) atoms. The van der Waals surface area contributed by atoms with E-state index in [2.05, 4.69) is 15.5 Å². The number of rotatable bonds is 1. The third-order valence-corrected chi connectivity index (χ3v) is 3.00. The maximum atomic E-state index is 12.3. The van der Waals surface area contributed by atoms with Crippen molar-refractivity contribution in [3.05, 3.63) is 30.0 Å². The number of nitrogens with one attached hydrogen (secondary N) is 2. The van der Waals surface area contributed by atoms with Crippen molar-refractivity contribution < 1.29 is 9.59 Å². The van der Waals surface area contributed by atoms with Crippen LogP contribution in [0.15, 0.2) is 24.3 Å². The molecule has 1 aliphatic rings. The molecule has 1 aromatic carbocycles. The first-order chi connectivity index (χ1) is 8.75. The van der Waals surface area contributed by atoms with Crippen LogP contribution in [0.5, 0.6) is 0 Å². The number of amides is 2. The first-order valence-electron chi connectivity index (χ1n) is 5.75. The molecular formula is C12H12N4O2. The molecule has 3 rings (SSSR count). The summed E-state index contributed by atoms with van der Waals surface area (Å²) in [5.41, 5.74) is 1.20. The van der Waals surface area contributed by atoms with Crippen molar-refractivity contribution in [2.24, 2.45) is 0 Å². The van der Waals surface area contributed by atoms with Gasteiger partial charge in [-0.3, -0.25) is 14.7 Å². The molecule has 0 unspecified atom stereocenters. The number of nitrogens with zero attached hydrogens (tertiary/aromatic N) is 2. The lowest BCUT2D eigenvalue weighted by Gasteiger charge is -2.25. The smallest absolute Gasteiger partial charge is 0.275 e. The van der Waals surface area contributed by atoms with Gasteiger partial charge in [-0.25, -0.2) is 0 Å².